The van der Waals surface area contributed by atoms with Crippen molar-refractivity contribution in [2.75, 3.05) is 14.1 Å². The monoisotopic (exact) mass is 200 g/mol. The second kappa shape index (κ2) is 3.62. The van der Waals surface area contributed by atoms with Crippen LogP contribution in [0.25, 0.3) is 0 Å². The number of H-pyrrole nitrogens is 1. The smallest absolute Gasteiger partial charge is 0.261 e. The summed E-state index contributed by atoms with van der Waals surface area (Å²) in [4.78, 5) is 26.2. The molecule has 0 spiro atoms. The van der Waals surface area contributed by atoms with Crippen molar-refractivity contribution in [1.82, 2.24) is 9.88 Å². The van der Waals surface area contributed by atoms with Crippen molar-refractivity contribution in [3.05, 3.63) is 33.2 Å². The van der Waals surface area contributed by atoms with Gasteiger partial charge >= 0.3 is 0 Å². The fourth-order valence-corrected chi connectivity index (χ4v) is 1.01. The van der Waals surface area contributed by atoms with Gasteiger partial charge in [-0.05, 0) is 12.1 Å². The summed E-state index contributed by atoms with van der Waals surface area (Å²) in [5, 5.41) is 0.223. The minimum Gasteiger partial charge on any atom is -0.345 e. The van der Waals surface area contributed by atoms with E-state index in [0.717, 1.165) is 0 Å². The third kappa shape index (κ3) is 2.09. The molecule has 0 atom stereocenters. The molecule has 70 valence electrons. The van der Waals surface area contributed by atoms with Crippen molar-refractivity contribution in [3.63, 3.8) is 0 Å². The number of aromatic nitrogens is 1. The molecule has 1 amide bonds. The third-order valence-electron chi connectivity index (χ3n) is 1.51. The SMILES string of the molecule is CN(C)C(=O)c1ccc(Cl)[nH]c1=O. The van der Waals surface area contributed by atoms with Gasteiger partial charge in [0.2, 0.25) is 0 Å². The van der Waals surface area contributed by atoms with Crippen molar-refractivity contribution in [2.45, 2.75) is 0 Å². The molecule has 0 saturated heterocycles. The predicted octanol–water partition coefficient (Wildman–Crippen LogP) is 0.730. The van der Waals surface area contributed by atoms with Gasteiger partial charge in [-0.1, -0.05) is 11.6 Å². The molecule has 0 aliphatic heterocycles. The van der Waals surface area contributed by atoms with Crippen LogP contribution in [-0.2, 0) is 0 Å². The molecule has 1 heterocycles. The van der Waals surface area contributed by atoms with E-state index in [4.69, 9.17) is 11.6 Å². The van der Waals surface area contributed by atoms with Crippen LogP contribution in [0.4, 0.5) is 0 Å². The van der Waals surface area contributed by atoms with Crippen LogP contribution in [0.3, 0.4) is 0 Å². The molecule has 5 heteroatoms. The number of halogens is 1. The van der Waals surface area contributed by atoms with Gasteiger partial charge in [0.1, 0.15) is 10.7 Å². The summed E-state index contributed by atoms with van der Waals surface area (Å²) in [5.74, 6) is -0.335. The molecule has 0 radical (unpaired) electrons. The summed E-state index contributed by atoms with van der Waals surface area (Å²) in [5.41, 5.74) is -0.374. The normalized spacial score (nSPS) is 9.77. The van der Waals surface area contributed by atoms with Crippen molar-refractivity contribution < 1.29 is 4.79 Å². The van der Waals surface area contributed by atoms with Gasteiger partial charge in [0.25, 0.3) is 11.5 Å². The highest BCUT2D eigenvalue weighted by atomic mass is 35.5. The first-order valence-corrected chi connectivity index (χ1v) is 4.00. The number of hydrogen-bond donors (Lipinski definition) is 1. The van der Waals surface area contributed by atoms with Gasteiger partial charge in [-0.2, -0.15) is 0 Å². The summed E-state index contributed by atoms with van der Waals surface area (Å²) >= 11 is 5.52. The highest BCUT2D eigenvalue weighted by Crippen LogP contribution is 2.02. The summed E-state index contributed by atoms with van der Waals surface area (Å²) in [6.07, 6.45) is 0. The Balaban J connectivity index is 3.17. The topological polar surface area (TPSA) is 53.2 Å². The van der Waals surface area contributed by atoms with E-state index in [0.29, 0.717) is 0 Å². The largest absolute Gasteiger partial charge is 0.345 e. The number of nitrogens with zero attached hydrogens (tertiary/aromatic N) is 1. The molecule has 0 unspecified atom stereocenters. The van der Waals surface area contributed by atoms with Gasteiger partial charge in [-0.25, -0.2) is 0 Å². The fraction of sp³-hybridized carbons (Fsp3) is 0.250. The van der Waals surface area contributed by atoms with E-state index in [2.05, 4.69) is 4.98 Å². The number of carbonyl (C=O) groups excluding carboxylic acids is 1. The molecule has 1 N–H and O–H groups in total. The Morgan fingerprint density at radius 3 is 2.54 bits per heavy atom. The lowest BCUT2D eigenvalue weighted by Crippen LogP contribution is -2.28. The average molecular weight is 201 g/mol. The molecule has 1 aromatic rings. The lowest BCUT2D eigenvalue weighted by molar-refractivity contribution is 0.0826. The number of hydrogen-bond acceptors (Lipinski definition) is 2. The average Bonchev–Trinajstić information content (AvgIpc) is 2.03. The van der Waals surface area contributed by atoms with E-state index in [1.807, 2.05) is 0 Å². The minimum atomic E-state index is -0.466. The molecule has 0 aliphatic rings. The first kappa shape index (κ1) is 9.80. The first-order valence-electron chi connectivity index (χ1n) is 3.63. The van der Waals surface area contributed by atoms with E-state index in [-0.39, 0.29) is 16.6 Å². The summed E-state index contributed by atoms with van der Waals surface area (Å²) < 4.78 is 0. The number of carbonyl (C=O) groups is 1. The zero-order valence-corrected chi connectivity index (χ0v) is 8.05. The lowest BCUT2D eigenvalue weighted by Gasteiger charge is -2.08. The van der Waals surface area contributed by atoms with Gasteiger partial charge in [0, 0.05) is 14.1 Å². The Kier molecular flexibility index (Phi) is 2.72. The van der Waals surface area contributed by atoms with Gasteiger partial charge in [0.15, 0.2) is 0 Å². The number of nitrogens with one attached hydrogen (secondary N) is 1. The van der Waals surface area contributed by atoms with Gasteiger partial charge in [-0.3, -0.25) is 9.59 Å². The van der Waals surface area contributed by atoms with Crippen LogP contribution < -0.4 is 5.56 Å². The molecule has 0 bridgehead atoms. The number of pyridine rings is 1. The Morgan fingerprint density at radius 2 is 2.08 bits per heavy atom. The third-order valence-corrected chi connectivity index (χ3v) is 1.73. The fourth-order valence-electron chi connectivity index (χ4n) is 0.859. The summed E-state index contributed by atoms with van der Waals surface area (Å²) in [6, 6.07) is 2.88. The Labute approximate surface area is 80.1 Å². The van der Waals surface area contributed by atoms with E-state index < -0.39 is 5.56 Å². The van der Waals surface area contributed by atoms with Crippen molar-refractivity contribution in [2.24, 2.45) is 0 Å². The first-order chi connectivity index (χ1) is 6.02. The van der Waals surface area contributed by atoms with Crippen LogP contribution in [0.5, 0.6) is 0 Å². The summed E-state index contributed by atoms with van der Waals surface area (Å²) in [7, 11) is 3.16. The zero-order chi connectivity index (χ0) is 10.0. The molecule has 1 rings (SSSR count). The molecule has 0 aliphatic carbocycles. The molecule has 4 nitrogen and oxygen atoms in total. The van der Waals surface area contributed by atoms with E-state index in [9.17, 15) is 9.59 Å². The molecule has 1 aromatic heterocycles. The van der Waals surface area contributed by atoms with Crippen molar-refractivity contribution in [3.8, 4) is 0 Å². The maximum absolute atomic E-state index is 11.3. The Morgan fingerprint density at radius 1 is 1.46 bits per heavy atom. The number of rotatable bonds is 1. The summed E-state index contributed by atoms with van der Waals surface area (Å²) in [6.45, 7) is 0. The molecule has 0 aromatic carbocycles. The van der Waals surface area contributed by atoms with Crippen LogP contribution in [-0.4, -0.2) is 29.9 Å². The molecular formula is C8H9ClN2O2. The van der Waals surface area contributed by atoms with Crippen LogP contribution in [0.1, 0.15) is 10.4 Å². The highest BCUT2D eigenvalue weighted by Gasteiger charge is 2.11. The Hall–Kier alpha value is -1.29. The maximum Gasteiger partial charge on any atom is 0.261 e. The quantitative estimate of drug-likeness (QED) is 0.680. The zero-order valence-electron chi connectivity index (χ0n) is 7.30. The molecule has 13 heavy (non-hydrogen) atoms. The minimum absolute atomic E-state index is 0.0920. The van der Waals surface area contributed by atoms with Gasteiger partial charge in [-0.15, -0.1) is 0 Å². The second-order valence-corrected chi connectivity index (χ2v) is 3.16. The van der Waals surface area contributed by atoms with Crippen LogP contribution in [0.15, 0.2) is 16.9 Å². The van der Waals surface area contributed by atoms with E-state index in [1.54, 1.807) is 14.1 Å². The molecule has 0 fully saturated rings. The Bertz CT molecular complexity index is 384. The van der Waals surface area contributed by atoms with E-state index in [1.165, 1.54) is 17.0 Å². The molecule has 0 saturated carbocycles. The van der Waals surface area contributed by atoms with E-state index >= 15 is 0 Å². The predicted molar refractivity (Wildman–Crippen MR) is 50.1 cm³/mol. The molecular weight excluding hydrogens is 192 g/mol. The van der Waals surface area contributed by atoms with Gasteiger partial charge < -0.3 is 9.88 Å². The maximum atomic E-state index is 11.3. The second-order valence-electron chi connectivity index (χ2n) is 2.75. The lowest BCUT2D eigenvalue weighted by atomic mass is 10.2. The van der Waals surface area contributed by atoms with Crippen molar-refractivity contribution >= 4 is 17.5 Å². The number of aromatic amines is 1. The van der Waals surface area contributed by atoms with Crippen LogP contribution >= 0.6 is 11.6 Å². The highest BCUT2D eigenvalue weighted by molar-refractivity contribution is 6.29. The van der Waals surface area contributed by atoms with Gasteiger partial charge in [0.05, 0.1) is 0 Å². The van der Waals surface area contributed by atoms with Crippen LogP contribution in [0, 0.1) is 0 Å². The standard InChI is InChI=1S/C8H9ClN2O2/c1-11(2)8(13)5-3-4-6(9)10-7(5)12/h3-4H,1-2H3,(H,10,12). The van der Waals surface area contributed by atoms with Crippen LogP contribution in [0.2, 0.25) is 5.15 Å². The number of amides is 1. The van der Waals surface area contributed by atoms with Crippen molar-refractivity contribution in [1.29, 1.82) is 0 Å².